The van der Waals surface area contributed by atoms with Crippen LogP contribution in [-0.2, 0) is 4.74 Å². The van der Waals surface area contributed by atoms with E-state index < -0.39 is 0 Å². The molecule has 6 heteroatoms. The number of rotatable bonds is 3. The Balaban J connectivity index is 1.69. The van der Waals surface area contributed by atoms with Crippen molar-refractivity contribution in [3.05, 3.63) is 35.9 Å². The van der Waals surface area contributed by atoms with E-state index in [0.717, 1.165) is 48.9 Å². The van der Waals surface area contributed by atoms with Gasteiger partial charge >= 0.3 is 6.09 Å². The Kier molecular flexibility index (Phi) is 4.41. The smallest absolute Gasteiger partial charge is 0.407 e. The molecule has 0 radical (unpaired) electrons. The predicted molar refractivity (Wildman–Crippen MR) is 87.9 cm³/mol. The van der Waals surface area contributed by atoms with Crippen molar-refractivity contribution < 1.29 is 14.3 Å². The molecule has 2 aromatic rings. The van der Waals surface area contributed by atoms with Crippen molar-refractivity contribution in [2.45, 2.75) is 18.9 Å². The second-order valence-electron chi connectivity index (χ2n) is 5.58. The minimum atomic E-state index is -0.377. The first-order chi connectivity index (χ1) is 11.2. The second kappa shape index (κ2) is 6.64. The molecule has 120 valence electrons. The molecular formula is C17H19N3O3. The Bertz CT molecular complexity index is 724. The Labute approximate surface area is 134 Å². The molecule has 6 nitrogen and oxygen atoms in total. The molecule has 0 spiro atoms. The van der Waals surface area contributed by atoms with E-state index >= 15 is 0 Å². The number of pyridine rings is 1. The van der Waals surface area contributed by atoms with Crippen LogP contribution in [0.2, 0.25) is 0 Å². The number of carbonyl (C=O) groups excluding carboxylic acids is 2. The van der Waals surface area contributed by atoms with Crippen LogP contribution in [0.4, 0.5) is 10.6 Å². The minimum Gasteiger partial charge on any atom is -0.446 e. The minimum absolute atomic E-state index is 0.0400. The summed E-state index contributed by atoms with van der Waals surface area (Å²) in [5.41, 5.74) is 1.52. The number of hydrogen-bond donors (Lipinski definition) is 1. The molecule has 1 fully saturated rings. The van der Waals surface area contributed by atoms with Crippen molar-refractivity contribution in [2.75, 3.05) is 25.0 Å². The van der Waals surface area contributed by atoms with Crippen molar-refractivity contribution in [3.8, 4) is 0 Å². The van der Waals surface area contributed by atoms with E-state index in [1.807, 2.05) is 24.3 Å². The molecule has 0 atom stereocenters. The van der Waals surface area contributed by atoms with Gasteiger partial charge in [-0.05, 0) is 30.3 Å². The lowest BCUT2D eigenvalue weighted by atomic mass is 10.1. The summed E-state index contributed by atoms with van der Waals surface area (Å²) in [6, 6.07) is 9.43. The highest BCUT2D eigenvalue weighted by molar-refractivity contribution is 5.87. The zero-order valence-corrected chi connectivity index (χ0v) is 13.0. The second-order valence-corrected chi connectivity index (χ2v) is 5.58. The number of aldehydes is 1. The van der Waals surface area contributed by atoms with Gasteiger partial charge in [-0.1, -0.05) is 0 Å². The maximum Gasteiger partial charge on any atom is 0.407 e. The van der Waals surface area contributed by atoms with Crippen LogP contribution < -0.4 is 10.2 Å². The molecule has 1 aromatic heterocycles. The molecule has 1 amide bonds. The summed E-state index contributed by atoms with van der Waals surface area (Å²) in [4.78, 5) is 28.9. The summed E-state index contributed by atoms with van der Waals surface area (Å²) < 4.78 is 5.29. The fourth-order valence-corrected chi connectivity index (χ4v) is 2.80. The lowest BCUT2D eigenvalue weighted by molar-refractivity contribution is 0.0848. The molecule has 1 N–H and O–H groups in total. The number of fused-ring (bicyclic) bond motifs is 1. The zero-order chi connectivity index (χ0) is 16.2. The molecule has 2 heterocycles. The van der Waals surface area contributed by atoms with Gasteiger partial charge in [0.1, 0.15) is 18.2 Å². The van der Waals surface area contributed by atoms with Gasteiger partial charge in [0, 0.05) is 43.9 Å². The molecule has 1 aliphatic heterocycles. The number of hydrogen-bond acceptors (Lipinski definition) is 5. The van der Waals surface area contributed by atoms with Gasteiger partial charge in [-0.3, -0.25) is 4.79 Å². The summed E-state index contributed by atoms with van der Waals surface area (Å²) in [5, 5.41) is 3.43. The first-order valence-electron chi connectivity index (χ1n) is 7.69. The highest BCUT2D eigenvalue weighted by atomic mass is 16.6. The van der Waals surface area contributed by atoms with Crippen molar-refractivity contribution in [3.63, 3.8) is 0 Å². The van der Waals surface area contributed by atoms with Crippen LogP contribution in [0.5, 0.6) is 0 Å². The highest BCUT2D eigenvalue weighted by Crippen LogP contribution is 2.23. The number of ether oxygens (including phenoxy) is 1. The number of piperidine rings is 1. The first-order valence-corrected chi connectivity index (χ1v) is 7.69. The van der Waals surface area contributed by atoms with Gasteiger partial charge < -0.3 is 15.0 Å². The van der Waals surface area contributed by atoms with Crippen LogP contribution in [0.3, 0.4) is 0 Å². The summed E-state index contributed by atoms with van der Waals surface area (Å²) in [6.07, 6.45) is 2.00. The Hall–Kier alpha value is -2.63. The largest absolute Gasteiger partial charge is 0.446 e. The van der Waals surface area contributed by atoms with Crippen molar-refractivity contribution in [1.82, 2.24) is 10.3 Å². The molecule has 0 bridgehead atoms. The van der Waals surface area contributed by atoms with E-state index in [9.17, 15) is 9.59 Å². The first kappa shape index (κ1) is 15.3. The monoisotopic (exact) mass is 313 g/mol. The van der Waals surface area contributed by atoms with E-state index in [4.69, 9.17) is 4.74 Å². The number of carbonyl (C=O) groups is 2. The lowest BCUT2D eigenvalue weighted by Crippen LogP contribution is -2.39. The average molecular weight is 313 g/mol. The third-order valence-corrected chi connectivity index (χ3v) is 4.08. The van der Waals surface area contributed by atoms with Crippen LogP contribution in [0.15, 0.2) is 30.3 Å². The van der Waals surface area contributed by atoms with Crippen LogP contribution >= 0.6 is 0 Å². The summed E-state index contributed by atoms with van der Waals surface area (Å²) in [7, 11) is 1.56. The quantitative estimate of drug-likeness (QED) is 0.881. The SMILES string of the molecule is CNC(=O)OC1CCN(c2ccc3cc(C=O)ccc3n2)CC1. The number of benzene rings is 1. The Morgan fingerprint density at radius 3 is 2.78 bits per heavy atom. The molecule has 0 unspecified atom stereocenters. The molecule has 3 rings (SSSR count). The Morgan fingerprint density at radius 2 is 2.09 bits per heavy atom. The maximum atomic E-state index is 11.2. The molecule has 1 aliphatic rings. The van der Waals surface area contributed by atoms with E-state index in [1.54, 1.807) is 13.1 Å². The van der Waals surface area contributed by atoms with Gasteiger partial charge in [0.15, 0.2) is 0 Å². The van der Waals surface area contributed by atoms with E-state index in [2.05, 4.69) is 15.2 Å². The summed E-state index contributed by atoms with van der Waals surface area (Å²) in [5.74, 6) is 0.912. The van der Waals surface area contributed by atoms with Gasteiger partial charge in [-0.25, -0.2) is 9.78 Å². The number of nitrogens with one attached hydrogen (secondary N) is 1. The van der Waals surface area contributed by atoms with Gasteiger partial charge in [0.2, 0.25) is 0 Å². The molecule has 1 aromatic carbocycles. The van der Waals surface area contributed by atoms with Crippen LogP contribution in [0.25, 0.3) is 10.9 Å². The number of aromatic nitrogens is 1. The van der Waals surface area contributed by atoms with E-state index in [1.165, 1.54) is 0 Å². The van der Waals surface area contributed by atoms with Crippen LogP contribution in [0.1, 0.15) is 23.2 Å². The topological polar surface area (TPSA) is 71.5 Å². The molecule has 23 heavy (non-hydrogen) atoms. The van der Waals surface area contributed by atoms with Crippen molar-refractivity contribution in [1.29, 1.82) is 0 Å². The Morgan fingerprint density at radius 1 is 1.30 bits per heavy atom. The standard InChI is InChI=1S/C17H19N3O3/c1-18-17(22)23-14-6-8-20(9-7-14)16-5-3-13-10-12(11-21)2-4-15(13)19-16/h2-5,10-11,14H,6-9H2,1H3,(H,18,22). The number of anilines is 1. The fraction of sp³-hybridized carbons (Fsp3) is 0.353. The molecule has 0 aliphatic carbocycles. The maximum absolute atomic E-state index is 11.2. The molecular weight excluding hydrogens is 294 g/mol. The number of amides is 1. The third-order valence-electron chi connectivity index (χ3n) is 4.08. The number of nitrogens with zero attached hydrogens (tertiary/aromatic N) is 2. The van der Waals surface area contributed by atoms with Crippen molar-refractivity contribution >= 4 is 29.1 Å². The molecule has 0 saturated carbocycles. The van der Waals surface area contributed by atoms with Crippen LogP contribution in [-0.4, -0.2) is 43.6 Å². The van der Waals surface area contributed by atoms with Crippen molar-refractivity contribution in [2.24, 2.45) is 0 Å². The fourth-order valence-electron chi connectivity index (χ4n) is 2.80. The normalized spacial score (nSPS) is 15.4. The van der Waals surface area contributed by atoms with Gasteiger partial charge in [-0.15, -0.1) is 0 Å². The van der Waals surface area contributed by atoms with Gasteiger partial charge in [0.05, 0.1) is 5.52 Å². The van der Waals surface area contributed by atoms with Gasteiger partial charge in [0.25, 0.3) is 0 Å². The summed E-state index contributed by atoms with van der Waals surface area (Å²) in [6.45, 7) is 1.60. The average Bonchev–Trinajstić information content (AvgIpc) is 2.61. The lowest BCUT2D eigenvalue weighted by Gasteiger charge is -2.32. The highest BCUT2D eigenvalue weighted by Gasteiger charge is 2.22. The number of alkyl carbamates (subject to hydrolysis) is 1. The van der Waals surface area contributed by atoms with E-state index in [0.29, 0.717) is 5.56 Å². The zero-order valence-electron chi connectivity index (χ0n) is 13.0. The third kappa shape index (κ3) is 3.41. The van der Waals surface area contributed by atoms with Gasteiger partial charge in [-0.2, -0.15) is 0 Å². The molecule has 1 saturated heterocycles. The van der Waals surface area contributed by atoms with E-state index in [-0.39, 0.29) is 12.2 Å². The predicted octanol–water partition coefficient (Wildman–Crippen LogP) is 2.37. The summed E-state index contributed by atoms with van der Waals surface area (Å²) >= 11 is 0. The van der Waals surface area contributed by atoms with Crippen LogP contribution in [0, 0.1) is 0 Å².